The van der Waals surface area contributed by atoms with Crippen LogP contribution in [-0.4, -0.2) is 14.5 Å². The molecular weight excluding hydrogens is 635 g/mol. The maximum Gasteiger partial charge on any atom is 0.160 e. The second kappa shape index (κ2) is 11.5. The van der Waals surface area contributed by atoms with Crippen molar-refractivity contribution in [1.82, 2.24) is 14.5 Å². The Kier molecular flexibility index (Phi) is 6.67. The van der Waals surface area contributed by atoms with E-state index in [1.807, 2.05) is 47.8 Å². The van der Waals surface area contributed by atoms with Gasteiger partial charge in [-0.05, 0) is 59.3 Å². The van der Waals surface area contributed by atoms with Crippen molar-refractivity contribution in [2.45, 2.75) is 19.6 Å². The predicted molar refractivity (Wildman–Crippen MR) is 205 cm³/mol. The quantitative estimate of drug-likeness (QED) is 0.188. The molecule has 7 aromatic carbocycles. The molecule has 0 N–H and O–H groups in total. The van der Waals surface area contributed by atoms with Crippen molar-refractivity contribution in [3.63, 3.8) is 0 Å². The monoisotopic (exact) mass is 661 g/mol. The lowest BCUT2D eigenvalue weighted by Gasteiger charge is -2.20. The molecule has 0 atom stereocenters. The Morgan fingerprint density at radius 3 is 1.73 bits per heavy atom. The van der Waals surface area contributed by atoms with Crippen LogP contribution in [0.4, 0.5) is 0 Å². The van der Waals surface area contributed by atoms with Gasteiger partial charge in [-0.1, -0.05) is 139 Å². The molecule has 3 heterocycles. The van der Waals surface area contributed by atoms with Crippen LogP contribution in [0, 0.1) is 0 Å². The second-order valence-electron chi connectivity index (χ2n) is 12.2. The molecule has 0 amide bonds. The minimum Gasteiger partial charge on any atom is -0.308 e. The number of fused-ring (bicyclic) bond motifs is 7. The van der Waals surface area contributed by atoms with Gasteiger partial charge in [-0.15, -0.1) is 0 Å². The molecule has 0 saturated carbocycles. The van der Waals surface area contributed by atoms with E-state index in [1.54, 1.807) is 0 Å². The highest BCUT2D eigenvalue weighted by Crippen LogP contribution is 2.52. The Hall–Kier alpha value is -5.62. The molecule has 230 valence electrons. The molecule has 1 aliphatic rings. The minimum absolute atomic E-state index is 0.719. The Labute approximate surface area is 292 Å². The fourth-order valence-electron chi connectivity index (χ4n) is 6.89. The van der Waals surface area contributed by atoms with Crippen molar-refractivity contribution < 1.29 is 0 Å². The van der Waals surface area contributed by atoms with Gasteiger partial charge >= 0.3 is 0 Å². The van der Waals surface area contributed by atoms with Crippen LogP contribution in [0.1, 0.15) is 0 Å². The lowest BCUT2D eigenvalue weighted by molar-refractivity contribution is 1.11. The fourth-order valence-corrected chi connectivity index (χ4v) is 9.26. The molecule has 9 aromatic rings. The van der Waals surface area contributed by atoms with Crippen molar-refractivity contribution in [2.75, 3.05) is 0 Å². The van der Waals surface area contributed by atoms with Crippen molar-refractivity contribution in [3.05, 3.63) is 164 Å². The number of hydrogen-bond acceptors (Lipinski definition) is 4. The average molecular weight is 662 g/mol. The third-order valence-corrected chi connectivity index (χ3v) is 11.8. The summed E-state index contributed by atoms with van der Waals surface area (Å²) in [4.78, 5) is 15.3. The zero-order chi connectivity index (χ0) is 32.3. The van der Waals surface area contributed by atoms with Crippen LogP contribution in [0.25, 0.3) is 72.2 Å². The third-order valence-electron chi connectivity index (χ3n) is 9.24. The molecule has 0 aliphatic carbocycles. The van der Waals surface area contributed by atoms with Crippen LogP contribution in [0.2, 0.25) is 0 Å². The van der Waals surface area contributed by atoms with Gasteiger partial charge in [-0.2, -0.15) is 0 Å². The Bertz CT molecular complexity index is 2640. The van der Waals surface area contributed by atoms with Gasteiger partial charge in [-0.3, -0.25) is 0 Å². The van der Waals surface area contributed by atoms with Crippen molar-refractivity contribution in [3.8, 4) is 39.6 Å². The third kappa shape index (κ3) is 4.85. The molecule has 0 fully saturated rings. The lowest BCUT2D eigenvalue weighted by Crippen LogP contribution is -1.98. The number of rotatable bonds is 4. The summed E-state index contributed by atoms with van der Waals surface area (Å²) in [5.41, 5.74) is 8.50. The van der Waals surface area contributed by atoms with Gasteiger partial charge in [0.2, 0.25) is 0 Å². The summed E-state index contributed by atoms with van der Waals surface area (Å²) < 4.78 is 2.46. The van der Waals surface area contributed by atoms with Gasteiger partial charge < -0.3 is 4.57 Å². The van der Waals surface area contributed by atoms with Gasteiger partial charge in [0.1, 0.15) is 0 Å². The Balaban J connectivity index is 1.17. The highest BCUT2D eigenvalue weighted by Gasteiger charge is 2.24. The summed E-state index contributed by atoms with van der Waals surface area (Å²) in [6, 6.07) is 58.3. The van der Waals surface area contributed by atoms with Gasteiger partial charge in [0, 0.05) is 47.8 Å². The van der Waals surface area contributed by atoms with Crippen LogP contribution in [0.15, 0.2) is 183 Å². The standard InChI is InChI=1S/C44H27N3S2/c1-3-11-28(12-4-1)36-27-37(46-44(45-36)30-13-5-2-6-14-30)29-19-21-33(22-20-29)47-38-26-32-16-8-7-15-31(32)25-35(38)34-23-24-41-43(42(34)47)49-40-18-10-9-17-39(40)48-41/h1-27H. The van der Waals surface area contributed by atoms with Gasteiger partial charge in [0.15, 0.2) is 5.82 Å². The zero-order valence-corrected chi connectivity index (χ0v) is 27.9. The highest BCUT2D eigenvalue weighted by molar-refractivity contribution is 8.05. The van der Waals surface area contributed by atoms with Crippen LogP contribution in [0.3, 0.4) is 0 Å². The summed E-state index contributed by atoms with van der Waals surface area (Å²) in [6.07, 6.45) is 0. The van der Waals surface area contributed by atoms with Crippen LogP contribution in [0.5, 0.6) is 0 Å². The first-order chi connectivity index (χ1) is 24.3. The van der Waals surface area contributed by atoms with Crippen molar-refractivity contribution in [2.24, 2.45) is 0 Å². The van der Waals surface area contributed by atoms with Crippen molar-refractivity contribution in [1.29, 1.82) is 0 Å². The number of aromatic nitrogens is 3. The Morgan fingerprint density at radius 1 is 0.429 bits per heavy atom. The van der Waals surface area contributed by atoms with E-state index in [1.165, 1.54) is 52.2 Å². The second-order valence-corrected chi connectivity index (χ2v) is 14.4. The summed E-state index contributed by atoms with van der Waals surface area (Å²) in [5, 5.41) is 5.02. The summed E-state index contributed by atoms with van der Waals surface area (Å²) >= 11 is 3.75. The predicted octanol–water partition coefficient (Wildman–Crippen LogP) is 12.3. The van der Waals surface area contributed by atoms with Gasteiger partial charge in [0.05, 0.1) is 27.3 Å². The normalized spacial score (nSPS) is 12.3. The van der Waals surface area contributed by atoms with Gasteiger partial charge in [0.25, 0.3) is 0 Å². The van der Waals surface area contributed by atoms with E-state index >= 15 is 0 Å². The largest absolute Gasteiger partial charge is 0.308 e. The zero-order valence-electron chi connectivity index (χ0n) is 26.2. The molecule has 0 unspecified atom stereocenters. The van der Waals surface area contributed by atoms with E-state index < -0.39 is 0 Å². The summed E-state index contributed by atoms with van der Waals surface area (Å²) in [5.74, 6) is 0.719. The first-order valence-corrected chi connectivity index (χ1v) is 18.0. The summed E-state index contributed by atoms with van der Waals surface area (Å²) in [6.45, 7) is 0. The first kappa shape index (κ1) is 28.4. The maximum absolute atomic E-state index is 5.08. The first-order valence-electron chi connectivity index (χ1n) is 16.3. The molecule has 0 bridgehead atoms. The smallest absolute Gasteiger partial charge is 0.160 e. The molecule has 3 nitrogen and oxygen atoms in total. The molecule has 2 aromatic heterocycles. The van der Waals surface area contributed by atoms with Crippen LogP contribution >= 0.6 is 23.5 Å². The molecule has 0 saturated heterocycles. The molecule has 49 heavy (non-hydrogen) atoms. The van der Waals surface area contributed by atoms with E-state index in [0.29, 0.717) is 0 Å². The molecule has 0 radical (unpaired) electrons. The van der Waals surface area contributed by atoms with E-state index in [0.717, 1.165) is 39.6 Å². The molecule has 0 spiro atoms. The van der Waals surface area contributed by atoms with E-state index in [9.17, 15) is 0 Å². The molecule has 10 rings (SSSR count). The maximum atomic E-state index is 5.08. The average Bonchev–Trinajstić information content (AvgIpc) is 3.50. The van der Waals surface area contributed by atoms with E-state index in [2.05, 4.69) is 144 Å². The Morgan fingerprint density at radius 2 is 1.02 bits per heavy atom. The lowest BCUT2D eigenvalue weighted by atomic mass is 10.1. The number of benzene rings is 7. The minimum atomic E-state index is 0.719. The summed E-state index contributed by atoms with van der Waals surface area (Å²) in [7, 11) is 0. The fraction of sp³-hybridized carbons (Fsp3) is 0. The van der Waals surface area contributed by atoms with E-state index in [-0.39, 0.29) is 0 Å². The molecule has 5 heteroatoms. The topological polar surface area (TPSA) is 30.7 Å². The van der Waals surface area contributed by atoms with E-state index in [4.69, 9.17) is 9.97 Å². The van der Waals surface area contributed by atoms with Crippen LogP contribution < -0.4 is 0 Å². The highest BCUT2D eigenvalue weighted by atomic mass is 32.2. The van der Waals surface area contributed by atoms with Crippen molar-refractivity contribution >= 4 is 56.1 Å². The van der Waals surface area contributed by atoms with Gasteiger partial charge in [-0.25, -0.2) is 9.97 Å². The molecule has 1 aliphatic heterocycles. The molecular formula is C44H27N3S2. The SMILES string of the molecule is c1ccc(-c2cc(-c3ccc(-n4c5cc6ccccc6cc5c5ccc6c(c54)Sc4ccccc4S6)cc3)nc(-c3ccccc3)n2)cc1. The number of nitrogens with zero attached hydrogens (tertiary/aromatic N) is 3. The van der Waals surface area contributed by atoms with Crippen LogP contribution in [-0.2, 0) is 0 Å². The number of hydrogen-bond donors (Lipinski definition) is 0.